The highest BCUT2D eigenvalue weighted by atomic mass is 35.5. The maximum atomic E-state index is 12.8. The van der Waals surface area contributed by atoms with Crippen molar-refractivity contribution >= 4 is 23.5 Å². The molecule has 0 saturated carbocycles. The zero-order chi connectivity index (χ0) is 27.5. The van der Waals surface area contributed by atoms with Crippen LogP contribution in [0, 0.1) is 0 Å². The van der Waals surface area contributed by atoms with Crippen LogP contribution < -0.4 is 41.6 Å². The monoisotopic (exact) mass is 554 g/mol. The normalized spacial score (nSPS) is 10.6. The molecule has 9 heteroatoms. The Morgan fingerprint density at radius 2 is 1.46 bits per heavy atom. The lowest BCUT2D eigenvalue weighted by Gasteiger charge is -2.14. The molecule has 3 aromatic rings. The number of nitrogens with one attached hydrogen (secondary N) is 2. The fourth-order valence-electron chi connectivity index (χ4n) is 3.69. The second-order valence-corrected chi connectivity index (χ2v) is 8.87. The molecule has 0 saturated heterocycles. The van der Waals surface area contributed by atoms with Crippen molar-refractivity contribution in [2.45, 2.75) is 6.42 Å². The number of ether oxygens (including phenoxy) is 4. The summed E-state index contributed by atoms with van der Waals surface area (Å²) >= 11 is 0. The van der Waals surface area contributed by atoms with E-state index in [0.29, 0.717) is 40.7 Å². The molecule has 3 rings (SSSR count). The van der Waals surface area contributed by atoms with Gasteiger partial charge in [-0.05, 0) is 60.2 Å². The van der Waals surface area contributed by atoms with Gasteiger partial charge in [-0.25, -0.2) is 0 Å². The van der Waals surface area contributed by atoms with E-state index >= 15 is 0 Å². The van der Waals surface area contributed by atoms with Crippen molar-refractivity contribution in [2.75, 3.05) is 53.9 Å². The molecule has 1 amide bonds. The second-order valence-electron chi connectivity index (χ2n) is 8.87. The lowest BCUT2D eigenvalue weighted by Crippen LogP contribution is -3.05. The SMILES string of the molecule is COc1cc(C(=O)Nc2ccc(/C=C/C(=O)c3ccc(OCCC[NH+](C)C)cc3)cc2)cc(OC)c1OC.[Cl-]. The number of benzene rings is 3. The lowest BCUT2D eigenvalue weighted by atomic mass is 10.1. The highest BCUT2D eigenvalue weighted by Crippen LogP contribution is 2.38. The molecule has 208 valence electrons. The lowest BCUT2D eigenvalue weighted by molar-refractivity contribution is -0.858. The maximum Gasteiger partial charge on any atom is 0.255 e. The van der Waals surface area contributed by atoms with E-state index in [1.54, 1.807) is 42.5 Å². The number of allylic oxidation sites excluding steroid dienone is 1. The van der Waals surface area contributed by atoms with Gasteiger partial charge in [-0.15, -0.1) is 0 Å². The highest BCUT2D eigenvalue weighted by Gasteiger charge is 2.17. The zero-order valence-corrected chi connectivity index (χ0v) is 23.6. The molecule has 0 aliphatic carbocycles. The molecule has 2 N–H and O–H groups in total. The number of anilines is 1. The molecule has 0 aliphatic rings. The summed E-state index contributed by atoms with van der Waals surface area (Å²) < 4.78 is 21.7. The molecule has 0 bridgehead atoms. The molecule has 39 heavy (non-hydrogen) atoms. The molecule has 8 nitrogen and oxygen atoms in total. The average molecular weight is 555 g/mol. The van der Waals surface area contributed by atoms with Crippen molar-refractivity contribution in [3.05, 3.63) is 83.4 Å². The highest BCUT2D eigenvalue weighted by molar-refractivity contribution is 6.07. The Balaban J connectivity index is 0.00000533. The molecule has 0 aliphatic heterocycles. The number of quaternary nitrogens is 1. The van der Waals surface area contributed by atoms with Crippen LogP contribution >= 0.6 is 0 Å². The number of carbonyl (C=O) groups excluding carboxylic acids is 2. The topological polar surface area (TPSA) is 87.5 Å². The maximum absolute atomic E-state index is 12.8. The van der Waals surface area contributed by atoms with E-state index in [1.807, 2.05) is 24.3 Å². The van der Waals surface area contributed by atoms with E-state index in [9.17, 15) is 9.59 Å². The summed E-state index contributed by atoms with van der Waals surface area (Å²) in [5.41, 5.74) is 2.38. The third kappa shape index (κ3) is 9.05. The first-order valence-corrected chi connectivity index (χ1v) is 12.3. The van der Waals surface area contributed by atoms with Gasteiger partial charge in [0.25, 0.3) is 5.91 Å². The molecule has 3 aromatic carbocycles. The number of methoxy groups -OCH3 is 3. The Morgan fingerprint density at radius 3 is 2.00 bits per heavy atom. The molecular weight excluding hydrogens is 520 g/mol. The number of carbonyl (C=O) groups is 2. The van der Waals surface area contributed by atoms with Crippen LogP contribution in [-0.2, 0) is 0 Å². The summed E-state index contributed by atoms with van der Waals surface area (Å²) in [6.07, 6.45) is 4.24. The third-order valence-corrected chi connectivity index (χ3v) is 5.75. The van der Waals surface area contributed by atoms with Crippen molar-refractivity contribution in [1.29, 1.82) is 0 Å². The van der Waals surface area contributed by atoms with Crippen LogP contribution in [0.4, 0.5) is 5.69 Å². The van der Waals surface area contributed by atoms with E-state index in [-0.39, 0.29) is 24.1 Å². The van der Waals surface area contributed by atoms with Gasteiger partial charge in [0.2, 0.25) is 5.75 Å². The number of rotatable bonds is 13. The van der Waals surface area contributed by atoms with Crippen LogP contribution in [-0.4, -0.2) is 60.3 Å². The number of halogens is 1. The standard InChI is InChI=1S/C30H34N2O6.ClH/c1-32(2)17-6-18-38-25-14-10-22(11-15-25)26(33)16-9-21-7-12-24(13-8-21)31-30(34)23-19-27(35-3)29(37-5)28(20-23)36-4;/h7-16,19-20H,6,17-18H2,1-5H3,(H,31,34);1H/b16-9+;. The van der Waals surface area contributed by atoms with Gasteiger partial charge in [-0.3, -0.25) is 9.59 Å². The van der Waals surface area contributed by atoms with Crippen LogP contribution in [0.2, 0.25) is 0 Å². The van der Waals surface area contributed by atoms with Crippen molar-refractivity contribution in [1.82, 2.24) is 0 Å². The van der Waals surface area contributed by atoms with Crippen molar-refractivity contribution < 1.29 is 45.8 Å². The summed E-state index contributed by atoms with van der Waals surface area (Å²) in [6.45, 7) is 1.69. The summed E-state index contributed by atoms with van der Waals surface area (Å²) in [4.78, 5) is 26.8. The van der Waals surface area contributed by atoms with Gasteiger partial charge < -0.3 is 41.6 Å². The molecular formula is C30H35ClN2O6. The minimum Gasteiger partial charge on any atom is -1.00 e. The van der Waals surface area contributed by atoms with Gasteiger partial charge in [0, 0.05) is 23.2 Å². The Bertz CT molecular complexity index is 1230. The predicted octanol–water partition coefficient (Wildman–Crippen LogP) is 0.778. The van der Waals surface area contributed by atoms with Gasteiger partial charge >= 0.3 is 0 Å². The van der Waals surface area contributed by atoms with Gasteiger partial charge in [0.1, 0.15) is 5.75 Å². The quantitative estimate of drug-likeness (QED) is 0.184. The van der Waals surface area contributed by atoms with Crippen LogP contribution in [0.3, 0.4) is 0 Å². The Labute approximate surface area is 235 Å². The number of hydrogen-bond acceptors (Lipinski definition) is 6. The Hall–Kier alpha value is -4.01. The van der Waals surface area contributed by atoms with E-state index in [0.717, 1.165) is 24.3 Å². The largest absolute Gasteiger partial charge is 1.00 e. The number of hydrogen-bond donors (Lipinski definition) is 2. The molecule has 0 heterocycles. The third-order valence-electron chi connectivity index (χ3n) is 5.75. The van der Waals surface area contributed by atoms with Crippen LogP contribution in [0.5, 0.6) is 23.0 Å². The summed E-state index contributed by atoms with van der Waals surface area (Å²) in [6, 6.07) is 17.5. The van der Waals surface area contributed by atoms with Gasteiger partial charge in [0.05, 0.1) is 48.6 Å². The van der Waals surface area contributed by atoms with E-state index < -0.39 is 0 Å². The van der Waals surface area contributed by atoms with E-state index in [4.69, 9.17) is 18.9 Å². The predicted molar refractivity (Wildman–Crippen MR) is 148 cm³/mol. The van der Waals surface area contributed by atoms with Gasteiger partial charge in [0.15, 0.2) is 17.3 Å². The molecule has 0 spiro atoms. The van der Waals surface area contributed by atoms with Crippen molar-refractivity contribution in [3.63, 3.8) is 0 Å². The Morgan fingerprint density at radius 1 is 0.846 bits per heavy atom. The number of ketones is 1. The molecule has 0 unspecified atom stereocenters. The van der Waals surface area contributed by atoms with Crippen LogP contribution in [0.25, 0.3) is 6.08 Å². The van der Waals surface area contributed by atoms with Crippen LogP contribution in [0.15, 0.2) is 66.7 Å². The first-order valence-electron chi connectivity index (χ1n) is 12.3. The Kier molecular flexibility index (Phi) is 12.3. The molecule has 0 fully saturated rings. The molecule has 0 atom stereocenters. The van der Waals surface area contributed by atoms with E-state index in [1.165, 1.54) is 32.3 Å². The molecule has 0 aromatic heterocycles. The van der Waals surface area contributed by atoms with E-state index in [2.05, 4.69) is 19.4 Å². The molecule has 0 radical (unpaired) electrons. The van der Waals surface area contributed by atoms with Crippen molar-refractivity contribution in [2.24, 2.45) is 0 Å². The van der Waals surface area contributed by atoms with Crippen molar-refractivity contribution in [3.8, 4) is 23.0 Å². The fraction of sp³-hybridized carbons (Fsp3) is 0.267. The summed E-state index contributed by atoms with van der Waals surface area (Å²) in [5, 5.41) is 2.85. The van der Waals surface area contributed by atoms with Gasteiger partial charge in [-0.1, -0.05) is 18.2 Å². The fourth-order valence-corrected chi connectivity index (χ4v) is 3.69. The summed E-state index contributed by atoms with van der Waals surface area (Å²) in [5.74, 6) is 1.53. The van der Waals surface area contributed by atoms with Gasteiger partial charge in [-0.2, -0.15) is 0 Å². The smallest absolute Gasteiger partial charge is 0.255 e. The first-order chi connectivity index (χ1) is 18.3. The van der Waals surface area contributed by atoms with Crippen LogP contribution in [0.1, 0.15) is 32.7 Å². The average Bonchev–Trinajstić information content (AvgIpc) is 2.94. The summed E-state index contributed by atoms with van der Waals surface area (Å²) in [7, 11) is 8.72. The first kappa shape index (κ1) is 31.2. The number of amides is 1. The second kappa shape index (κ2) is 15.4. The zero-order valence-electron chi connectivity index (χ0n) is 22.9. The minimum absolute atomic E-state index is 0. The minimum atomic E-state index is -0.325.